The van der Waals surface area contributed by atoms with Crippen LogP contribution in [-0.2, 0) is 68.3 Å². The molecule has 4 rings (SSSR count). The van der Waals surface area contributed by atoms with Crippen molar-refractivity contribution in [2.45, 2.75) is 99.2 Å². The Morgan fingerprint density at radius 2 is 1.04 bits per heavy atom. The van der Waals surface area contributed by atoms with Crippen molar-refractivity contribution in [1.82, 2.24) is 9.80 Å². The van der Waals surface area contributed by atoms with E-state index in [9.17, 15) is 52.8 Å². The summed E-state index contributed by atoms with van der Waals surface area (Å²) < 4.78 is 118. The zero-order chi connectivity index (χ0) is 41.3. The number of nitrogens with zero attached hydrogens (tertiary/aromatic N) is 2. The molecule has 2 amide bonds. The third-order valence-corrected chi connectivity index (χ3v) is 19.5. The Balaban J connectivity index is 1.22. The lowest BCUT2D eigenvalue weighted by molar-refractivity contribution is -0.154. The van der Waals surface area contributed by atoms with Crippen molar-refractivity contribution < 1.29 is 71.8 Å². The highest BCUT2D eigenvalue weighted by molar-refractivity contribution is 7.96. The first-order valence-corrected chi connectivity index (χ1v) is 24.3. The summed E-state index contributed by atoms with van der Waals surface area (Å²) in [4.78, 5) is 52.7. The van der Waals surface area contributed by atoms with Gasteiger partial charge in [-0.2, -0.15) is 0 Å². The number of primary sulfonamides is 2. The lowest BCUT2D eigenvalue weighted by Gasteiger charge is -2.35. The molecule has 4 N–H and O–H groups in total. The van der Waals surface area contributed by atoms with Crippen LogP contribution < -0.4 is 10.3 Å². The number of carbonyl (C=O) groups is 4. The van der Waals surface area contributed by atoms with E-state index in [2.05, 4.69) is 0 Å². The smallest absolute Gasteiger partial charge is 0.413 e. The second-order valence-electron chi connectivity index (χ2n) is 12.4. The summed E-state index contributed by atoms with van der Waals surface area (Å²) in [5.41, 5.74) is 0.170. The molecule has 1 unspecified atom stereocenters. The van der Waals surface area contributed by atoms with Gasteiger partial charge < -0.3 is 28.7 Å². The Morgan fingerprint density at radius 1 is 0.691 bits per heavy atom. The number of amides is 2. The quantitative estimate of drug-likeness (QED) is 0.203. The molecule has 2 aromatic rings. The molecular formula is C29H40N4O16S6. The van der Waals surface area contributed by atoms with Gasteiger partial charge in [0.15, 0.2) is 19.7 Å². The molecule has 0 fully saturated rings. The Kier molecular flexibility index (Phi) is 13.7. The van der Waals surface area contributed by atoms with Crippen molar-refractivity contribution in [2.24, 2.45) is 10.3 Å². The Morgan fingerprint density at radius 3 is 1.35 bits per heavy atom. The van der Waals surface area contributed by atoms with Crippen LogP contribution in [0.1, 0.15) is 83.0 Å². The second kappa shape index (κ2) is 17.0. The van der Waals surface area contributed by atoms with Crippen molar-refractivity contribution in [2.75, 3.05) is 26.7 Å². The van der Waals surface area contributed by atoms with E-state index in [1.807, 2.05) is 0 Å². The summed E-state index contributed by atoms with van der Waals surface area (Å²) in [6.45, 7) is 4.46. The van der Waals surface area contributed by atoms with Gasteiger partial charge in [0.05, 0.1) is 22.6 Å². The Bertz CT molecular complexity index is 2110. The number of carbonyl (C=O) groups excluding carboxylic acids is 4. The standard InChI is InChI=1S/C29H40N4O16S6/c1-5-32(20-10-16(3)52(38,39)26-18(20)12-24(50-26)54(30,42)43)28(36)48-14-46-22(34)8-7-9-23(35)47-15-49-29(37)33(6-2)21-11-17(4)53(40,41)27-19(21)13-25(51-27)55(31,44)45/h12-13,16-17,20-21H,5-11,14-15H2,1-4H3,(H2,30,42,43)(H2,31,44,45)/t16-,17-,20-,21?/m0/s1. The van der Waals surface area contributed by atoms with E-state index >= 15 is 0 Å². The largest absolute Gasteiger partial charge is 0.428 e. The van der Waals surface area contributed by atoms with Crippen LogP contribution in [0.4, 0.5) is 9.59 Å². The van der Waals surface area contributed by atoms with Crippen LogP contribution in [0.15, 0.2) is 29.0 Å². The lowest BCUT2D eigenvalue weighted by atomic mass is 10.0. The minimum Gasteiger partial charge on any atom is -0.428 e. The van der Waals surface area contributed by atoms with E-state index in [-0.39, 0.29) is 73.2 Å². The van der Waals surface area contributed by atoms with E-state index in [1.165, 1.54) is 23.6 Å². The van der Waals surface area contributed by atoms with Gasteiger partial charge in [0.1, 0.15) is 16.8 Å². The summed E-state index contributed by atoms with van der Waals surface area (Å²) in [5, 5.41) is 8.51. The van der Waals surface area contributed by atoms with Gasteiger partial charge in [-0.1, -0.05) is 0 Å². The summed E-state index contributed by atoms with van der Waals surface area (Å²) >= 11 is 0.997. The Labute approximate surface area is 325 Å². The number of hydrogen-bond donors (Lipinski definition) is 2. The van der Waals surface area contributed by atoms with E-state index < -0.39 is 100 Å². The van der Waals surface area contributed by atoms with E-state index in [0.29, 0.717) is 22.7 Å². The number of hydrogen-bond acceptors (Lipinski definition) is 18. The highest BCUT2D eigenvalue weighted by Gasteiger charge is 2.44. The maximum atomic E-state index is 12.9. The van der Waals surface area contributed by atoms with Crippen LogP contribution >= 0.6 is 22.7 Å². The monoisotopic (exact) mass is 892 g/mol. The molecule has 4 heterocycles. The first-order valence-electron chi connectivity index (χ1n) is 16.4. The SMILES string of the molecule is CCN(C(=O)OCOC(=O)CCCC(=O)OCOC(=O)N(CC)[C@H]1C[C@H](C)S(=O)(=O)c2sc(S(N)(=O)=O)cc21)C1C[C@H](C)S(=O)(=O)c2sc(S(N)(=O)=O)cc21. The number of rotatable bonds is 14. The van der Waals surface area contributed by atoms with Crippen LogP contribution in [0.3, 0.4) is 0 Å². The summed E-state index contributed by atoms with van der Waals surface area (Å²) in [5.74, 6) is -1.68. The molecule has 0 saturated heterocycles. The first kappa shape index (κ1) is 44.3. The van der Waals surface area contributed by atoms with Crippen molar-refractivity contribution in [3.05, 3.63) is 23.3 Å². The molecule has 0 aliphatic carbocycles. The van der Waals surface area contributed by atoms with Crippen LogP contribution in [0.5, 0.6) is 0 Å². The zero-order valence-corrected chi connectivity index (χ0v) is 34.8. The molecule has 4 atom stereocenters. The molecule has 2 aliphatic heterocycles. The fourth-order valence-electron chi connectivity index (χ4n) is 5.94. The molecule has 0 radical (unpaired) electrons. The molecule has 0 bridgehead atoms. The van der Waals surface area contributed by atoms with Gasteiger partial charge in [0, 0.05) is 37.1 Å². The third kappa shape index (κ3) is 9.77. The average Bonchev–Trinajstić information content (AvgIpc) is 3.75. The van der Waals surface area contributed by atoms with Gasteiger partial charge in [-0.3, -0.25) is 9.59 Å². The van der Waals surface area contributed by atoms with Crippen LogP contribution in [0.25, 0.3) is 0 Å². The van der Waals surface area contributed by atoms with Crippen molar-refractivity contribution in [3.63, 3.8) is 0 Å². The minimum atomic E-state index is -4.23. The van der Waals surface area contributed by atoms with Crippen molar-refractivity contribution in [3.8, 4) is 0 Å². The minimum absolute atomic E-state index is 0.0276. The number of thiophene rings is 2. The van der Waals surface area contributed by atoms with Gasteiger partial charge in [0.25, 0.3) is 0 Å². The maximum absolute atomic E-state index is 12.9. The number of fused-ring (bicyclic) bond motifs is 2. The van der Waals surface area contributed by atoms with Crippen LogP contribution in [0.2, 0.25) is 0 Å². The number of sulfonamides is 2. The van der Waals surface area contributed by atoms with Crippen molar-refractivity contribution in [1.29, 1.82) is 0 Å². The van der Waals surface area contributed by atoms with Gasteiger partial charge in [-0.15, -0.1) is 22.7 Å². The predicted molar refractivity (Wildman–Crippen MR) is 193 cm³/mol. The summed E-state index contributed by atoms with van der Waals surface area (Å²) in [6, 6.07) is 0.492. The third-order valence-electron chi connectivity index (χ3n) is 8.84. The number of nitrogens with two attached hydrogens (primary N) is 2. The summed E-state index contributed by atoms with van der Waals surface area (Å²) in [7, 11) is -16.2. The van der Waals surface area contributed by atoms with Crippen LogP contribution in [-0.4, -0.2) is 105 Å². The topological polar surface area (TPSA) is 300 Å². The molecule has 2 aliphatic rings. The molecule has 0 saturated carbocycles. The Hall–Kier alpha value is -3.40. The van der Waals surface area contributed by atoms with E-state index in [4.69, 9.17) is 29.2 Å². The molecule has 20 nitrogen and oxygen atoms in total. The highest BCUT2D eigenvalue weighted by Crippen LogP contribution is 2.46. The van der Waals surface area contributed by atoms with Gasteiger partial charge in [-0.05, 0) is 59.1 Å². The van der Waals surface area contributed by atoms with E-state index in [1.54, 1.807) is 13.8 Å². The molecule has 0 aromatic carbocycles. The first-order chi connectivity index (χ1) is 25.4. The molecule has 0 spiro atoms. The fraction of sp³-hybridized carbons (Fsp3) is 0.586. The highest BCUT2D eigenvalue weighted by atomic mass is 32.3. The molecule has 55 heavy (non-hydrogen) atoms. The van der Waals surface area contributed by atoms with Crippen molar-refractivity contribution >= 4 is 86.5 Å². The predicted octanol–water partition coefficient (Wildman–Crippen LogP) is 2.11. The molecule has 308 valence electrons. The summed E-state index contributed by atoms with van der Waals surface area (Å²) in [6.07, 6.45) is -2.71. The van der Waals surface area contributed by atoms with E-state index in [0.717, 1.165) is 12.1 Å². The maximum Gasteiger partial charge on any atom is 0.413 e. The number of esters is 2. The lowest BCUT2D eigenvalue weighted by Crippen LogP contribution is -2.40. The second-order valence-corrected chi connectivity index (χ2v) is 23.2. The molecule has 2 aromatic heterocycles. The molecule has 26 heteroatoms. The number of ether oxygens (including phenoxy) is 4. The average molecular weight is 893 g/mol. The normalized spacial score (nSPS) is 21.3. The van der Waals surface area contributed by atoms with Gasteiger partial charge in [-0.25, -0.2) is 53.5 Å². The molecular weight excluding hydrogens is 853 g/mol. The zero-order valence-electron chi connectivity index (χ0n) is 29.9. The number of sulfone groups is 2. The van der Waals surface area contributed by atoms with Crippen LogP contribution in [0, 0.1) is 0 Å². The van der Waals surface area contributed by atoms with Gasteiger partial charge in [0.2, 0.25) is 33.6 Å². The fourth-order valence-corrected chi connectivity index (χ4v) is 14.7. The van der Waals surface area contributed by atoms with Gasteiger partial charge >= 0.3 is 24.1 Å².